The molecule has 3 rings (SSSR count). The van der Waals surface area contributed by atoms with Gasteiger partial charge in [0, 0.05) is 0 Å². The van der Waals surface area contributed by atoms with Crippen LogP contribution in [0.4, 0.5) is 8.78 Å². The predicted octanol–water partition coefficient (Wildman–Crippen LogP) is 3.71. The van der Waals surface area contributed by atoms with Gasteiger partial charge in [-0.3, -0.25) is 4.79 Å². The van der Waals surface area contributed by atoms with E-state index in [1.165, 1.54) is 13.0 Å². The number of fused-ring (bicyclic) bond motifs is 1. The molecule has 1 aliphatic heterocycles. The molecule has 0 spiro atoms. The highest BCUT2D eigenvalue weighted by molar-refractivity contribution is 5.99. The Labute approximate surface area is 121 Å². The zero-order valence-corrected chi connectivity index (χ0v) is 11.5. The lowest BCUT2D eigenvalue weighted by molar-refractivity contribution is 0.0846. The Kier molecular flexibility index (Phi) is 3.45. The van der Waals surface area contributed by atoms with Crippen molar-refractivity contribution in [2.45, 2.75) is 13.3 Å². The number of carbonyl (C=O) groups excluding carboxylic acids is 1. The van der Waals surface area contributed by atoms with E-state index < -0.39 is 28.9 Å². The summed E-state index contributed by atoms with van der Waals surface area (Å²) in [5.74, 6) is -1.97. The van der Waals surface area contributed by atoms with Gasteiger partial charge >= 0.3 is 0 Å². The van der Waals surface area contributed by atoms with Crippen LogP contribution in [-0.4, -0.2) is 12.4 Å². The number of halogens is 2. The maximum absolute atomic E-state index is 14.1. The molecule has 0 saturated carbocycles. The Balaban J connectivity index is 1.93. The molecular weight excluding hydrogens is 274 g/mol. The number of para-hydroxylation sites is 1. The summed E-state index contributed by atoms with van der Waals surface area (Å²) in [6.45, 7) is 1.65. The number of hydrogen-bond donors (Lipinski definition) is 0. The molecule has 2 nitrogen and oxygen atoms in total. The van der Waals surface area contributed by atoms with E-state index in [4.69, 9.17) is 4.74 Å². The lowest BCUT2D eigenvalue weighted by Crippen LogP contribution is -2.29. The normalized spacial score (nSPS) is 17.0. The highest BCUT2D eigenvalue weighted by Crippen LogP contribution is 2.30. The molecule has 2 aromatic rings. The molecule has 1 atom stereocenters. The summed E-state index contributed by atoms with van der Waals surface area (Å²) in [4.78, 5) is 12.4. The first-order valence-electron chi connectivity index (χ1n) is 6.77. The second kappa shape index (κ2) is 5.28. The van der Waals surface area contributed by atoms with Crippen LogP contribution in [0.25, 0.3) is 0 Å². The summed E-state index contributed by atoms with van der Waals surface area (Å²) in [5.41, 5.74) is 0.690. The van der Waals surface area contributed by atoms with Gasteiger partial charge in [-0.05, 0) is 36.6 Å². The van der Waals surface area contributed by atoms with Crippen LogP contribution in [0.15, 0.2) is 36.4 Å². The van der Waals surface area contributed by atoms with Crippen molar-refractivity contribution in [1.29, 1.82) is 0 Å². The molecule has 0 fully saturated rings. The number of aryl methyl sites for hydroxylation is 1. The van der Waals surface area contributed by atoms with Gasteiger partial charge < -0.3 is 4.74 Å². The fourth-order valence-electron chi connectivity index (χ4n) is 2.58. The summed E-state index contributed by atoms with van der Waals surface area (Å²) in [5, 5.41) is 0. The molecule has 0 N–H and O–H groups in total. The van der Waals surface area contributed by atoms with E-state index in [0.29, 0.717) is 6.42 Å². The number of carbonyl (C=O) groups is 1. The van der Waals surface area contributed by atoms with Crippen molar-refractivity contribution in [1.82, 2.24) is 0 Å². The van der Waals surface area contributed by atoms with Crippen molar-refractivity contribution in [3.8, 4) is 5.75 Å². The molecular formula is C17H14F2O2. The third-order valence-corrected chi connectivity index (χ3v) is 3.78. The number of Topliss-reactive ketones (excluding diaryl/α,β-unsaturated/α-hetero) is 1. The Morgan fingerprint density at radius 3 is 2.76 bits per heavy atom. The average molecular weight is 288 g/mol. The molecule has 0 saturated heterocycles. The Bertz CT molecular complexity index is 710. The van der Waals surface area contributed by atoms with Crippen LogP contribution >= 0.6 is 0 Å². The molecule has 21 heavy (non-hydrogen) atoms. The highest BCUT2D eigenvalue weighted by atomic mass is 19.1. The molecule has 108 valence electrons. The summed E-state index contributed by atoms with van der Waals surface area (Å²) < 4.78 is 33.4. The number of ether oxygens (including phenoxy) is 1. The second-order valence-electron chi connectivity index (χ2n) is 5.24. The maximum Gasteiger partial charge on any atom is 0.175 e. The Hall–Kier alpha value is -2.23. The summed E-state index contributed by atoms with van der Waals surface area (Å²) in [7, 11) is 0. The summed E-state index contributed by atoms with van der Waals surface area (Å²) in [6, 6.07) is 9.84. The van der Waals surface area contributed by atoms with Gasteiger partial charge in [-0.25, -0.2) is 8.78 Å². The Morgan fingerprint density at radius 1 is 1.19 bits per heavy atom. The van der Waals surface area contributed by atoms with Crippen LogP contribution in [0.2, 0.25) is 0 Å². The van der Waals surface area contributed by atoms with E-state index in [0.717, 1.165) is 17.4 Å². The van der Waals surface area contributed by atoms with Crippen molar-refractivity contribution in [3.63, 3.8) is 0 Å². The van der Waals surface area contributed by atoms with Crippen LogP contribution in [0.5, 0.6) is 5.75 Å². The first-order chi connectivity index (χ1) is 10.1. The largest absolute Gasteiger partial charge is 0.493 e. The van der Waals surface area contributed by atoms with E-state index in [9.17, 15) is 13.6 Å². The summed E-state index contributed by atoms with van der Waals surface area (Å²) >= 11 is 0. The van der Waals surface area contributed by atoms with E-state index in [2.05, 4.69) is 0 Å². The summed E-state index contributed by atoms with van der Waals surface area (Å²) in [6.07, 6.45) is 0.432. The third kappa shape index (κ3) is 2.42. The van der Waals surface area contributed by atoms with Crippen molar-refractivity contribution in [2.75, 3.05) is 6.61 Å². The van der Waals surface area contributed by atoms with Gasteiger partial charge in [-0.15, -0.1) is 0 Å². The monoisotopic (exact) mass is 288 g/mol. The van der Waals surface area contributed by atoms with Gasteiger partial charge in [0.15, 0.2) is 5.78 Å². The minimum absolute atomic E-state index is 0.142. The predicted molar refractivity (Wildman–Crippen MR) is 74.6 cm³/mol. The molecule has 0 bridgehead atoms. The van der Waals surface area contributed by atoms with Crippen LogP contribution in [0.1, 0.15) is 21.5 Å². The van der Waals surface area contributed by atoms with Gasteiger partial charge in [0.2, 0.25) is 0 Å². The molecule has 4 heteroatoms. The first-order valence-corrected chi connectivity index (χ1v) is 6.77. The SMILES string of the molecule is Cc1ccc(F)c(C(=O)C2COc3ccccc3C2)c1F. The van der Waals surface area contributed by atoms with E-state index in [1.807, 2.05) is 24.3 Å². The second-order valence-corrected chi connectivity index (χ2v) is 5.24. The zero-order chi connectivity index (χ0) is 15.0. The third-order valence-electron chi connectivity index (χ3n) is 3.78. The van der Waals surface area contributed by atoms with Gasteiger partial charge in [-0.2, -0.15) is 0 Å². The molecule has 0 aromatic heterocycles. The first kappa shape index (κ1) is 13.7. The highest BCUT2D eigenvalue weighted by Gasteiger charge is 2.30. The minimum Gasteiger partial charge on any atom is -0.493 e. The number of rotatable bonds is 2. The molecule has 0 radical (unpaired) electrons. The fourth-order valence-corrected chi connectivity index (χ4v) is 2.58. The topological polar surface area (TPSA) is 26.3 Å². The zero-order valence-electron chi connectivity index (χ0n) is 11.5. The fraction of sp³-hybridized carbons (Fsp3) is 0.235. The van der Waals surface area contributed by atoms with Crippen LogP contribution in [0, 0.1) is 24.5 Å². The van der Waals surface area contributed by atoms with Crippen LogP contribution < -0.4 is 4.74 Å². The van der Waals surface area contributed by atoms with Crippen molar-refractivity contribution in [2.24, 2.45) is 5.92 Å². The quantitative estimate of drug-likeness (QED) is 0.787. The molecule has 0 aliphatic carbocycles. The maximum atomic E-state index is 14.1. The minimum atomic E-state index is -0.818. The lowest BCUT2D eigenvalue weighted by Gasteiger charge is -2.24. The molecule has 0 amide bonds. The van der Waals surface area contributed by atoms with Crippen molar-refractivity contribution < 1.29 is 18.3 Å². The molecule has 1 aliphatic rings. The van der Waals surface area contributed by atoms with E-state index in [-0.39, 0.29) is 12.2 Å². The van der Waals surface area contributed by atoms with Crippen molar-refractivity contribution in [3.05, 3.63) is 64.7 Å². The van der Waals surface area contributed by atoms with Gasteiger partial charge in [0.05, 0.1) is 18.1 Å². The van der Waals surface area contributed by atoms with Gasteiger partial charge in [-0.1, -0.05) is 24.3 Å². The number of benzene rings is 2. The Morgan fingerprint density at radius 2 is 1.95 bits per heavy atom. The van der Waals surface area contributed by atoms with Gasteiger partial charge in [0.1, 0.15) is 17.4 Å². The number of ketones is 1. The van der Waals surface area contributed by atoms with Crippen LogP contribution in [0.3, 0.4) is 0 Å². The molecule has 2 aromatic carbocycles. The lowest BCUT2D eigenvalue weighted by atomic mass is 9.89. The number of hydrogen-bond acceptors (Lipinski definition) is 2. The average Bonchev–Trinajstić information content (AvgIpc) is 2.51. The van der Waals surface area contributed by atoms with Gasteiger partial charge in [0.25, 0.3) is 0 Å². The van der Waals surface area contributed by atoms with E-state index >= 15 is 0 Å². The molecule has 1 heterocycles. The van der Waals surface area contributed by atoms with Crippen LogP contribution in [-0.2, 0) is 6.42 Å². The standard InChI is InChI=1S/C17H14F2O2/c1-10-6-7-13(18)15(16(10)19)17(20)12-8-11-4-2-3-5-14(11)21-9-12/h2-7,12H,8-9H2,1H3. The van der Waals surface area contributed by atoms with Crippen molar-refractivity contribution >= 4 is 5.78 Å². The molecule has 1 unspecified atom stereocenters. The van der Waals surface area contributed by atoms with E-state index in [1.54, 1.807) is 0 Å². The smallest absolute Gasteiger partial charge is 0.175 e.